The Bertz CT molecular complexity index is 1450. The molecule has 1 unspecified atom stereocenters. The van der Waals surface area contributed by atoms with Crippen LogP contribution < -0.4 is 0 Å². The van der Waals surface area contributed by atoms with E-state index in [-0.39, 0.29) is 31.1 Å². The Morgan fingerprint density at radius 3 is 0.722 bits per heavy atom. The SMILES string of the molecule is CCCCC/C=C\C/C=C\CCCCCCCC(=O)OCC(COC(=O)CCCCCCCCCCCCC/C=C\C/C=C\CCCCCCC)OC(=O)CCCCCCCCCCCCC/C=C\C/C=C\CCCCCCC. The van der Waals surface area contributed by atoms with Crippen molar-refractivity contribution >= 4 is 17.9 Å². The van der Waals surface area contributed by atoms with E-state index < -0.39 is 6.10 Å². The highest BCUT2D eigenvalue weighted by atomic mass is 16.6. The zero-order valence-electron chi connectivity index (χ0n) is 52.6. The van der Waals surface area contributed by atoms with E-state index in [4.69, 9.17) is 14.2 Å². The van der Waals surface area contributed by atoms with Crippen molar-refractivity contribution in [2.45, 2.75) is 361 Å². The molecule has 0 aromatic rings. The van der Waals surface area contributed by atoms with Crippen molar-refractivity contribution < 1.29 is 28.6 Å². The van der Waals surface area contributed by atoms with Gasteiger partial charge >= 0.3 is 17.9 Å². The van der Waals surface area contributed by atoms with Crippen LogP contribution in [-0.4, -0.2) is 37.2 Å². The van der Waals surface area contributed by atoms with Gasteiger partial charge in [-0.2, -0.15) is 0 Å². The summed E-state index contributed by atoms with van der Waals surface area (Å²) in [5.41, 5.74) is 0. The molecule has 0 rings (SSSR count). The standard InChI is InChI=1S/C73H130O6/c1-4-7-10-13-16-19-22-25-28-30-32-34-36-38-40-42-45-48-51-54-57-60-63-66-72(75)78-69-70(68-77-71(74)65-62-59-56-53-50-47-44-27-24-21-18-15-12-9-6-3)79-73(76)67-64-61-58-55-52-49-46-43-41-39-37-35-33-31-29-26-23-20-17-14-11-8-5-2/h18,21-23,25-27,30-33,44,70H,4-17,19-20,24,28-29,34-43,45-69H2,1-3H3/b21-18-,25-22-,26-23-,32-30-,33-31-,44-27-. The number of rotatable bonds is 63. The molecule has 0 aromatic carbocycles. The number of hydrogen-bond acceptors (Lipinski definition) is 6. The number of unbranched alkanes of at least 4 members (excludes halogenated alkanes) is 40. The molecule has 0 aliphatic carbocycles. The van der Waals surface area contributed by atoms with Gasteiger partial charge in [0.2, 0.25) is 0 Å². The highest BCUT2D eigenvalue weighted by Crippen LogP contribution is 2.17. The first-order valence-electron chi connectivity index (χ1n) is 34.4. The highest BCUT2D eigenvalue weighted by molar-refractivity contribution is 5.71. The molecule has 0 aliphatic heterocycles. The summed E-state index contributed by atoms with van der Waals surface area (Å²) in [7, 11) is 0. The lowest BCUT2D eigenvalue weighted by molar-refractivity contribution is -0.167. The second kappa shape index (κ2) is 67.4. The van der Waals surface area contributed by atoms with Crippen molar-refractivity contribution in [1.29, 1.82) is 0 Å². The number of hydrogen-bond donors (Lipinski definition) is 0. The number of carbonyl (C=O) groups excluding carboxylic acids is 3. The monoisotopic (exact) mass is 1100 g/mol. The first kappa shape index (κ1) is 75.8. The van der Waals surface area contributed by atoms with E-state index in [0.717, 1.165) is 89.9 Å². The molecule has 0 aromatic heterocycles. The fourth-order valence-electron chi connectivity index (χ4n) is 9.95. The van der Waals surface area contributed by atoms with Gasteiger partial charge in [-0.05, 0) is 116 Å². The molecule has 0 saturated heterocycles. The van der Waals surface area contributed by atoms with Crippen molar-refractivity contribution in [3.8, 4) is 0 Å². The molecule has 0 saturated carbocycles. The van der Waals surface area contributed by atoms with Gasteiger partial charge in [-0.25, -0.2) is 0 Å². The molecule has 0 fully saturated rings. The fourth-order valence-corrected chi connectivity index (χ4v) is 9.95. The van der Waals surface area contributed by atoms with Crippen molar-refractivity contribution in [3.63, 3.8) is 0 Å². The maximum absolute atomic E-state index is 13.0. The number of ether oxygens (including phenoxy) is 3. The van der Waals surface area contributed by atoms with Crippen LogP contribution in [0, 0.1) is 0 Å². The Morgan fingerprint density at radius 2 is 0.456 bits per heavy atom. The van der Waals surface area contributed by atoms with E-state index in [1.807, 2.05) is 0 Å². The van der Waals surface area contributed by atoms with Crippen molar-refractivity contribution in [2.75, 3.05) is 13.2 Å². The third kappa shape index (κ3) is 65.5. The normalized spacial score (nSPS) is 12.5. The molecule has 1 atom stereocenters. The Morgan fingerprint density at radius 1 is 0.253 bits per heavy atom. The number of allylic oxidation sites excluding steroid dienone is 12. The van der Waals surface area contributed by atoms with Gasteiger partial charge in [0.05, 0.1) is 0 Å². The van der Waals surface area contributed by atoms with Crippen LogP contribution in [-0.2, 0) is 28.6 Å². The van der Waals surface area contributed by atoms with E-state index >= 15 is 0 Å². The topological polar surface area (TPSA) is 78.9 Å². The molecular weight excluding hydrogens is 973 g/mol. The summed E-state index contributed by atoms with van der Waals surface area (Å²) in [5.74, 6) is -0.880. The van der Waals surface area contributed by atoms with Crippen LogP contribution in [0.3, 0.4) is 0 Å². The van der Waals surface area contributed by atoms with Gasteiger partial charge in [0.15, 0.2) is 6.10 Å². The summed E-state index contributed by atoms with van der Waals surface area (Å²) < 4.78 is 17.0. The molecular formula is C73H130O6. The molecule has 0 aliphatic rings. The largest absolute Gasteiger partial charge is 0.462 e. The van der Waals surface area contributed by atoms with E-state index in [1.165, 1.54) is 225 Å². The first-order valence-corrected chi connectivity index (χ1v) is 34.4. The minimum Gasteiger partial charge on any atom is -0.462 e. The molecule has 6 nitrogen and oxygen atoms in total. The number of esters is 3. The zero-order chi connectivity index (χ0) is 57.1. The summed E-state index contributed by atoms with van der Waals surface area (Å²) in [6.07, 6.45) is 87.7. The van der Waals surface area contributed by atoms with Crippen LogP contribution in [0.1, 0.15) is 355 Å². The second-order valence-electron chi connectivity index (χ2n) is 23.1. The minimum absolute atomic E-state index is 0.0799. The van der Waals surface area contributed by atoms with Crippen molar-refractivity contribution in [2.24, 2.45) is 0 Å². The lowest BCUT2D eigenvalue weighted by Gasteiger charge is -2.18. The third-order valence-corrected chi connectivity index (χ3v) is 15.2. The van der Waals surface area contributed by atoms with Crippen LogP contribution in [0.15, 0.2) is 72.9 Å². The van der Waals surface area contributed by atoms with Crippen molar-refractivity contribution in [3.05, 3.63) is 72.9 Å². The fraction of sp³-hybridized carbons (Fsp3) is 0.795. The van der Waals surface area contributed by atoms with Crippen LogP contribution in [0.4, 0.5) is 0 Å². The van der Waals surface area contributed by atoms with E-state index in [2.05, 4.69) is 93.7 Å². The van der Waals surface area contributed by atoms with Gasteiger partial charge in [-0.15, -0.1) is 0 Å². The van der Waals surface area contributed by atoms with E-state index in [1.54, 1.807) is 0 Å². The maximum atomic E-state index is 13.0. The van der Waals surface area contributed by atoms with Crippen LogP contribution >= 0.6 is 0 Å². The summed E-state index contributed by atoms with van der Waals surface area (Å²) >= 11 is 0. The molecule has 6 heteroatoms. The van der Waals surface area contributed by atoms with Crippen molar-refractivity contribution in [1.82, 2.24) is 0 Å². The summed E-state index contributed by atoms with van der Waals surface area (Å²) in [4.78, 5) is 38.4. The molecule has 458 valence electrons. The van der Waals surface area contributed by atoms with Gasteiger partial charge in [-0.1, -0.05) is 293 Å². The van der Waals surface area contributed by atoms with Gasteiger partial charge < -0.3 is 14.2 Å². The Hall–Kier alpha value is -3.15. The summed E-state index contributed by atoms with van der Waals surface area (Å²) in [5, 5.41) is 0. The molecule has 0 spiro atoms. The number of carbonyl (C=O) groups is 3. The smallest absolute Gasteiger partial charge is 0.306 e. The van der Waals surface area contributed by atoms with Gasteiger partial charge in [0.1, 0.15) is 13.2 Å². The van der Waals surface area contributed by atoms with E-state index in [0.29, 0.717) is 19.3 Å². The van der Waals surface area contributed by atoms with E-state index in [9.17, 15) is 14.4 Å². The Labute approximate surface area is 491 Å². The maximum Gasteiger partial charge on any atom is 0.306 e. The quantitative estimate of drug-likeness (QED) is 0.0261. The lowest BCUT2D eigenvalue weighted by Crippen LogP contribution is -2.30. The Balaban J connectivity index is 4.34. The molecule has 0 radical (unpaired) electrons. The second-order valence-corrected chi connectivity index (χ2v) is 23.1. The van der Waals surface area contributed by atoms with Crippen LogP contribution in [0.5, 0.6) is 0 Å². The molecule has 0 bridgehead atoms. The summed E-state index contributed by atoms with van der Waals surface area (Å²) in [6.45, 7) is 6.63. The molecule has 79 heavy (non-hydrogen) atoms. The van der Waals surface area contributed by atoms with Crippen LogP contribution in [0.2, 0.25) is 0 Å². The van der Waals surface area contributed by atoms with Gasteiger partial charge in [0.25, 0.3) is 0 Å². The van der Waals surface area contributed by atoms with Crippen LogP contribution in [0.25, 0.3) is 0 Å². The average Bonchev–Trinajstić information content (AvgIpc) is 3.45. The van der Waals surface area contributed by atoms with Gasteiger partial charge in [-0.3, -0.25) is 14.4 Å². The molecule has 0 N–H and O–H groups in total. The predicted octanol–water partition coefficient (Wildman–Crippen LogP) is 23.7. The lowest BCUT2D eigenvalue weighted by atomic mass is 10.0. The first-order chi connectivity index (χ1) is 39.0. The summed E-state index contributed by atoms with van der Waals surface area (Å²) in [6, 6.07) is 0. The van der Waals surface area contributed by atoms with Gasteiger partial charge in [0, 0.05) is 19.3 Å². The predicted molar refractivity (Wildman–Crippen MR) is 344 cm³/mol. The molecule has 0 heterocycles. The Kier molecular flexibility index (Phi) is 64.7. The molecule has 0 amide bonds. The zero-order valence-corrected chi connectivity index (χ0v) is 52.6. The third-order valence-electron chi connectivity index (χ3n) is 15.2. The average molecular weight is 1100 g/mol. The highest BCUT2D eigenvalue weighted by Gasteiger charge is 2.19. The minimum atomic E-state index is -0.785.